The van der Waals surface area contributed by atoms with Crippen LogP contribution in [0.5, 0.6) is 0 Å². The zero-order valence-electron chi connectivity index (χ0n) is 18.0. The summed E-state index contributed by atoms with van der Waals surface area (Å²) < 4.78 is 46.8. The predicted molar refractivity (Wildman–Crippen MR) is 117 cm³/mol. The predicted octanol–water partition coefficient (Wildman–Crippen LogP) is 2.13. The van der Waals surface area contributed by atoms with E-state index in [1.807, 2.05) is 15.9 Å². The number of para-hydroxylation sites is 1. The van der Waals surface area contributed by atoms with Gasteiger partial charge in [0.1, 0.15) is 5.82 Å². The van der Waals surface area contributed by atoms with Crippen LogP contribution in [0.1, 0.15) is 38.5 Å². The number of sulfonamides is 1. The first-order valence-electron chi connectivity index (χ1n) is 11.2. The summed E-state index contributed by atoms with van der Waals surface area (Å²) in [6, 6.07) is 6.17. The van der Waals surface area contributed by atoms with Crippen molar-refractivity contribution in [3.8, 4) is 0 Å². The molecule has 2 aliphatic heterocycles. The summed E-state index contributed by atoms with van der Waals surface area (Å²) in [7, 11) is -3.38. The highest BCUT2D eigenvalue weighted by molar-refractivity contribution is 7.88. The quantitative estimate of drug-likeness (QED) is 0.684. The molecule has 2 saturated heterocycles. The Bertz CT molecular complexity index is 884. The molecular weight excluding hydrogens is 421 g/mol. The van der Waals surface area contributed by atoms with Crippen molar-refractivity contribution >= 4 is 21.6 Å². The highest BCUT2D eigenvalue weighted by Gasteiger charge is 2.41. The summed E-state index contributed by atoms with van der Waals surface area (Å²) in [4.78, 5) is 16.7. The number of likely N-dealkylation sites (tertiary alicyclic amines) is 1. The first-order chi connectivity index (χ1) is 14.8. The fourth-order valence-corrected chi connectivity index (χ4v) is 5.55. The van der Waals surface area contributed by atoms with E-state index in [1.54, 1.807) is 12.1 Å². The van der Waals surface area contributed by atoms with E-state index in [-0.39, 0.29) is 35.8 Å². The molecule has 0 spiro atoms. The molecule has 2 atom stereocenters. The Morgan fingerprint density at radius 3 is 2.48 bits per heavy atom. The summed E-state index contributed by atoms with van der Waals surface area (Å²) in [5, 5.41) is 0. The standard InChI is InChI=1S/C22H32FN3O4S/c1-31(28,29)24-19-6-4-12-26(22(27)16-8-9-16)21(19)15-30-17-10-13-25(14-11-17)20-7-3-2-5-18(20)23/h2-3,5,7,16-17,19,21,24H,4,6,8-15H2,1H3/t19-,21-/m0/s1. The Balaban J connectivity index is 1.37. The van der Waals surface area contributed by atoms with Crippen LogP contribution in [-0.4, -0.2) is 69.9 Å². The summed E-state index contributed by atoms with van der Waals surface area (Å²) in [5.41, 5.74) is 0.617. The molecule has 3 fully saturated rings. The fourth-order valence-electron chi connectivity index (χ4n) is 4.72. The summed E-state index contributed by atoms with van der Waals surface area (Å²) >= 11 is 0. The number of carbonyl (C=O) groups excluding carboxylic acids is 1. The van der Waals surface area contributed by atoms with Gasteiger partial charge in [0.05, 0.1) is 30.7 Å². The van der Waals surface area contributed by atoms with Crippen molar-refractivity contribution in [1.82, 2.24) is 9.62 Å². The normalized spacial score (nSPS) is 25.6. The SMILES string of the molecule is CS(=O)(=O)N[C@H]1CCCN(C(=O)C2CC2)[C@H]1COC1CCN(c2ccccc2F)CC1. The minimum absolute atomic E-state index is 0.0155. The van der Waals surface area contributed by atoms with Gasteiger partial charge in [-0.1, -0.05) is 12.1 Å². The number of anilines is 1. The maximum Gasteiger partial charge on any atom is 0.226 e. The van der Waals surface area contributed by atoms with Crippen LogP contribution in [0.2, 0.25) is 0 Å². The number of hydrogen-bond acceptors (Lipinski definition) is 5. The Hall–Kier alpha value is -1.71. The number of benzene rings is 1. The molecule has 0 unspecified atom stereocenters. The van der Waals surface area contributed by atoms with Crippen molar-refractivity contribution in [3.63, 3.8) is 0 Å². The molecule has 0 aromatic heterocycles. The van der Waals surface area contributed by atoms with Gasteiger partial charge < -0.3 is 14.5 Å². The largest absolute Gasteiger partial charge is 0.376 e. The third kappa shape index (κ3) is 5.75. The molecule has 0 radical (unpaired) electrons. The molecule has 0 bridgehead atoms. The second kappa shape index (κ2) is 9.42. The van der Waals surface area contributed by atoms with Crippen molar-refractivity contribution in [3.05, 3.63) is 30.1 Å². The lowest BCUT2D eigenvalue weighted by Crippen LogP contribution is -2.59. The van der Waals surface area contributed by atoms with Gasteiger partial charge in [-0.3, -0.25) is 4.79 Å². The fraction of sp³-hybridized carbons (Fsp3) is 0.682. The average Bonchev–Trinajstić information content (AvgIpc) is 3.57. The maximum atomic E-state index is 14.1. The van der Waals surface area contributed by atoms with Gasteiger partial charge in [-0.2, -0.15) is 0 Å². The number of piperidine rings is 2. The molecule has 1 aromatic carbocycles. The molecule has 9 heteroatoms. The Labute approximate surface area is 184 Å². The van der Waals surface area contributed by atoms with Crippen LogP contribution in [0.4, 0.5) is 10.1 Å². The van der Waals surface area contributed by atoms with Crippen molar-refractivity contribution in [2.45, 2.75) is 56.7 Å². The van der Waals surface area contributed by atoms with E-state index < -0.39 is 10.0 Å². The highest BCUT2D eigenvalue weighted by atomic mass is 32.2. The van der Waals surface area contributed by atoms with Crippen LogP contribution in [-0.2, 0) is 19.6 Å². The van der Waals surface area contributed by atoms with Gasteiger partial charge in [-0.15, -0.1) is 0 Å². The van der Waals surface area contributed by atoms with Crippen LogP contribution < -0.4 is 9.62 Å². The van der Waals surface area contributed by atoms with Crippen LogP contribution >= 0.6 is 0 Å². The van der Waals surface area contributed by atoms with Gasteiger partial charge in [0.25, 0.3) is 0 Å². The Kier molecular flexibility index (Phi) is 6.83. The third-order valence-electron chi connectivity index (χ3n) is 6.49. The molecular formula is C22H32FN3O4S. The molecule has 172 valence electrons. The number of halogens is 1. The second-order valence-electron chi connectivity index (χ2n) is 8.98. The smallest absolute Gasteiger partial charge is 0.226 e. The summed E-state index contributed by atoms with van der Waals surface area (Å²) in [5.74, 6) is -0.000500. The lowest BCUT2D eigenvalue weighted by molar-refractivity contribution is -0.139. The van der Waals surface area contributed by atoms with E-state index in [0.29, 0.717) is 38.3 Å². The van der Waals surface area contributed by atoms with Gasteiger partial charge in [0.2, 0.25) is 15.9 Å². The number of hydrogen-bond donors (Lipinski definition) is 1. The van der Waals surface area contributed by atoms with Crippen LogP contribution in [0.15, 0.2) is 24.3 Å². The average molecular weight is 454 g/mol. The van der Waals surface area contributed by atoms with Crippen molar-refractivity contribution in [2.24, 2.45) is 5.92 Å². The van der Waals surface area contributed by atoms with Gasteiger partial charge in [-0.25, -0.2) is 17.5 Å². The van der Waals surface area contributed by atoms with Crippen molar-refractivity contribution < 1.29 is 22.3 Å². The molecule has 1 aromatic rings. The number of rotatable bonds is 7. The van der Waals surface area contributed by atoms with Gasteiger partial charge in [0, 0.05) is 31.6 Å². The molecule has 4 rings (SSSR count). The first-order valence-corrected chi connectivity index (χ1v) is 13.1. The molecule has 2 heterocycles. The van der Waals surface area contributed by atoms with Crippen LogP contribution in [0.3, 0.4) is 0 Å². The van der Waals surface area contributed by atoms with E-state index in [9.17, 15) is 17.6 Å². The third-order valence-corrected chi connectivity index (χ3v) is 7.22. The molecule has 1 saturated carbocycles. The van der Waals surface area contributed by atoms with Crippen LogP contribution in [0.25, 0.3) is 0 Å². The van der Waals surface area contributed by atoms with Crippen LogP contribution in [0, 0.1) is 11.7 Å². The highest BCUT2D eigenvalue weighted by Crippen LogP contribution is 2.34. The monoisotopic (exact) mass is 453 g/mol. The Morgan fingerprint density at radius 1 is 1.13 bits per heavy atom. The number of nitrogens with one attached hydrogen (secondary N) is 1. The van der Waals surface area contributed by atoms with E-state index in [0.717, 1.165) is 38.4 Å². The maximum absolute atomic E-state index is 14.1. The van der Waals surface area contributed by atoms with E-state index in [2.05, 4.69) is 4.72 Å². The summed E-state index contributed by atoms with van der Waals surface area (Å²) in [6.07, 6.45) is 6.02. The lowest BCUT2D eigenvalue weighted by atomic mass is 9.96. The summed E-state index contributed by atoms with van der Waals surface area (Å²) in [6.45, 7) is 2.37. The molecule has 1 amide bonds. The zero-order valence-corrected chi connectivity index (χ0v) is 18.8. The molecule has 7 nitrogen and oxygen atoms in total. The number of nitrogens with zero attached hydrogens (tertiary/aromatic N) is 2. The van der Waals surface area contributed by atoms with E-state index in [4.69, 9.17) is 4.74 Å². The molecule has 3 aliphatic rings. The number of carbonyl (C=O) groups is 1. The topological polar surface area (TPSA) is 79.0 Å². The number of amides is 1. The minimum Gasteiger partial charge on any atom is -0.376 e. The minimum atomic E-state index is -3.38. The van der Waals surface area contributed by atoms with E-state index in [1.165, 1.54) is 6.07 Å². The molecule has 31 heavy (non-hydrogen) atoms. The van der Waals surface area contributed by atoms with Gasteiger partial charge >= 0.3 is 0 Å². The number of ether oxygens (including phenoxy) is 1. The lowest BCUT2D eigenvalue weighted by Gasteiger charge is -2.42. The first kappa shape index (κ1) is 22.5. The van der Waals surface area contributed by atoms with E-state index >= 15 is 0 Å². The zero-order chi connectivity index (χ0) is 22.0. The molecule has 1 N–H and O–H groups in total. The van der Waals surface area contributed by atoms with Gasteiger partial charge in [-0.05, 0) is 50.7 Å². The Morgan fingerprint density at radius 2 is 1.84 bits per heavy atom. The van der Waals surface area contributed by atoms with Crippen molar-refractivity contribution in [1.29, 1.82) is 0 Å². The van der Waals surface area contributed by atoms with Gasteiger partial charge in [0.15, 0.2) is 0 Å². The van der Waals surface area contributed by atoms with Crippen molar-refractivity contribution in [2.75, 3.05) is 37.4 Å². The second-order valence-corrected chi connectivity index (χ2v) is 10.8. The molecule has 1 aliphatic carbocycles.